The summed E-state index contributed by atoms with van der Waals surface area (Å²) in [5, 5.41) is 24.8. The highest BCUT2D eigenvalue weighted by Crippen LogP contribution is 2.36. The SMILES string of the molecule is COC(=O)C1=C(C(C)=O)[C@H](c2cccc([N+](=O)[O-])c2)n2nnnc2N1. The topological polar surface area (TPSA) is 142 Å². The molecule has 11 heteroatoms. The number of carbonyl (C=O) groups is 2. The van der Waals surface area contributed by atoms with E-state index in [9.17, 15) is 19.7 Å². The maximum absolute atomic E-state index is 12.2. The molecular formula is C14H12N6O5. The van der Waals surface area contributed by atoms with Crippen molar-refractivity contribution < 1.29 is 19.2 Å². The van der Waals surface area contributed by atoms with E-state index >= 15 is 0 Å². The van der Waals surface area contributed by atoms with Gasteiger partial charge >= 0.3 is 5.97 Å². The molecule has 0 fully saturated rings. The van der Waals surface area contributed by atoms with Crippen LogP contribution in [0.5, 0.6) is 0 Å². The Morgan fingerprint density at radius 2 is 2.16 bits per heavy atom. The van der Waals surface area contributed by atoms with Crippen LogP contribution in [0.4, 0.5) is 11.6 Å². The van der Waals surface area contributed by atoms with Gasteiger partial charge in [0.1, 0.15) is 11.7 Å². The number of ether oxygens (including phenoxy) is 1. The number of Topliss-reactive ketones (excluding diaryl/α,β-unsaturated/α-hetero) is 1. The van der Waals surface area contributed by atoms with Gasteiger partial charge in [0.15, 0.2) is 5.78 Å². The summed E-state index contributed by atoms with van der Waals surface area (Å²) >= 11 is 0. The number of anilines is 1. The number of tetrazole rings is 1. The Labute approximate surface area is 140 Å². The third kappa shape index (κ3) is 2.71. The molecule has 0 aliphatic carbocycles. The second kappa shape index (κ2) is 6.11. The number of nitrogens with zero attached hydrogens (tertiary/aromatic N) is 5. The minimum Gasteiger partial charge on any atom is -0.464 e. The Morgan fingerprint density at radius 1 is 1.40 bits per heavy atom. The molecule has 0 saturated carbocycles. The highest BCUT2D eigenvalue weighted by Gasteiger charge is 2.37. The summed E-state index contributed by atoms with van der Waals surface area (Å²) in [6, 6.07) is 4.79. The van der Waals surface area contributed by atoms with Crippen molar-refractivity contribution in [3.05, 3.63) is 51.2 Å². The quantitative estimate of drug-likeness (QED) is 0.479. The minimum absolute atomic E-state index is 0.0483. The summed E-state index contributed by atoms with van der Waals surface area (Å²) in [5.41, 5.74) is 0.171. The number of nitro benzene ring substituents is 1. The average Bonchev–Trinajstić information content (AvgIpc) is 3.07. The van der Waals surface area contributed by atoms with E-state index in [1.807, 2.05) is 0 Å². The number of non-ortho nitro benzene ring substituents is 1. The van der Waals surface area contributed by atoms with Gasteiger partial charge in [-0.15, -0.1) is 0 Å². The number of nitro groups is 1. The Hall–Kier alpha value is -3.63. The van der Waals surface area contributed by atoms with Gasteiger partial charge in [-0.1, -0.05) is 17.2 Å². The number of hydrogen-bond acceptors (Lipinski definition) is 9. The van der Waals surface area contributed by atoms with Crippen molar-refractivity contribution in [3.63, 3.8) is 0 Å². The number of methoxy groups -OCH3 is 1. The molecule has 11 nitrogen and oxygen atoms in total. The zero-order valence-corrected chi connectivity index (χ0v) is 13.2. The summed E-state index contributed by atoms with van der Waals surface area (Å²) in [5.74, 6) is -1.08. The summed E-state index contributed by atoms with van der Waals surface area (Å²) < 4.78 is 5.99. The molecule has 1 aromatic heterocycles. The van der Waals surface area contributed by atoms with Crippen LogP contribution in [0.1, 0.15) is 18.5 Å². The normalized spacial score (nSPS) is 16.0. The summed E-state index contributed by atoms with van der Waals surface area (Å²) in [4.78, 5) is 34.8. The molecule has 3 rings (SSSR count). The number of fused-ring (bicyclic) bond motifs is 1. The fraction of sp³-hybridized carbons (Fsp3) is 0.214. The molecule has 1 aliphatic heterocycles. The first-order chi connectivity index (χ1) is 11.9. The van der Waals surface area contributed by atoms with Crippen molar-refractivity contribution in [3.8, 4) is 0 Å². The number of carbonyl (C=O) groups excluding carboxylic acids is 2. The Balaban J connectivity index is 2.25. The molecule has 1 aliphatic rings. The third-order valence-corrected chi connectivity index (χ3v) is 3.68. The molecule has 2 heterocycles. The zero-order chi connectivity index (χ0) is 18.1. The van der Waals surface area contributed by atoms with E-state index in [0.717, 1.165) is 0 Å². The summed E-state index contributed by atoms with van der Waals surface area (Å²) in [6.45, 7) is 1.28. The number of ketones is 1. The Morgan fingerprint density at radius 3 is 2.80 bits per heavy atom. The minimum atomic E-state index is -0.905. The van der Waals surface area contributed by atoms with Crippen LogP contribution in [-0.2, 0) is 14.3 Å². The molecule has 25 heavy (non-hydrogen) atoms. The van der Waals surface area contributed by atoms with Crippen molar-refractivity contribution >= 4 is 23.4 Å². The van der Waals surface area contributed by atoms with E-state index in [-0.39, 0.29) is 22.9 Å². The van der Waals surface area contributed by atoms with Crippen LogP contribution in [-0.4, -0.2) is 44.0 Å². The number of rotatable bonds is 4. The van der Waals surface area contributed by atoms with Gasteiger partial charge in [0.25, 0.3) is 5.69 Å². The lowest BCUT2D eigenvalue weighted by atomic mass is 9.92. The molecule has 128 valence electrons. The predicted octanol–water partition coefficient (Wildman–Crippen LogP) is 0.612. The standard InChI is InChI=1S/C14H12N6O5/c1-7(21)10-11(13(22)25-2)15-14-16-17-18-19(14)12(10)8-4-3-5-9(6-8)20(23)24/h3-6,12H,1-2H3,(H,15,16,18)/t12-/m0/s1. The van der Waals surface area contributed by atoms with E-state index in [1.54, 1.807) is 6.07 Å². The maximum Gasteiger partial charge on any atom is 0.355 e. The predicted molar refractivity (Wildman–Crippen MR) is 82.4 cm³/mol. The van der Waals surface area contributed by atoms with Gasteiger partial charge in [0.05, 0.1) is 17.6 Å². The number of esters is 1. The molecule has 0 saturated heterocycles. The number of nitrogens with one attached hydrogen (secondary N) is 1. The van der Waals surface area contributed by atoms with Gasteiger partial charge in [-0.2, -0.15) is 4.68 Å². The monoisotopic (exact) mass is 344 g/mol. The van der Waals surface area contributed by atoms with Crippen molar-refractivity contribution in [1.82, 2.24) is 20.2 Å². The first-order valence-corrected chi connectivity index (χ1v) is 7.06. The van der Waals surface area contributed by atoms with Gasteiger partial charge < -0.3 is 10.1 Å². The number of aromatic nitrogens is 4. The number of benzene rings is 1. The summed E-state index contributed by atoms with van der Waals surface area (Å²) in [6.07, 6.45) is 0. The van der Waals surface area contributed by atoms with E-state index in [1.165, 1.54) is 36.9 Å². The summed E-state index contributed by atoms with van der Waals surface area (Å²) in [7, 11) is 1.18. The molecule has 1 atom stereocenters. The fourth-order valence-electron chi connectivity index (χ4n) is 2.64. The molecule has 0 amide bonds. The van der Waals surface area contributed by atoms with E-state index < -0.39 is 22.7 Å². The third-order valence-electron chi connectivity index (χ3n) is 3.68. The van der Waals surface area contributed by atoms with E-state index in [2.05, 4.69) is 20.8 Å². The van der Waals surface area contributed by atoms with Gasteiger partial charge in [-0.25, -0.2) is 4.79 Å². The Kier molecular flexibility index (Phi) is 3.97. The molecule has 0 unspecified atom stereocenters. The zero-order valence-electron chi connectivity index (χ0n) is 13.2. The first-order valence-electron chi connectivity index (χ1n) is 7.06. The second-order valence-corrected chi connectivity index (χ2v) is 5.16. The molecule has 2 aromatic rings. The lowest BCUT2D eigenvalue weighted by Gasteiger charge is -2.27. The highest BCUT2D eigenvalue weighted by molar-refractivity contribution is 6.06. The molecule has 0 spiro atoms. The van der Waals surface area contributed by atoms with Crippen LogP contribution in [0, 0.1) is 10.1 Å². The van der Waals surface area contributed by atoms with Crippen molar-refractivity contribution in [2.45, 2.75) is 13.0 Å². The highest BCUT2D eigenvalue weighted by atomic mass is 16.6. The lowest BCUT2D eigenvalue weighted by molar-refractivity contribution is -0.384. The largest absolute Gasteiger partial charge is 0.464 e. The van der Waals surface area contributed by atoms with Gasteiger partial charge in [0.2, 0.25) is 5.95 Å². The molecule has 0 bridgehead atoms. The number of hydrogen-bond donors (Lipinski definition) is 1. The van der Waals surface area contributed by atoms with Gasteiger partial charge in [-0.3, -0.25) is 14.9 Å². The van der Waals surface area contributed by atoms with Gasteiger partial charge in [-0.05, 0) is 22.9 Å². The molecule has 1 aromatic carbocycles. The molecule has 1 N–H and O–H groups in total. The van der Waals surface area contributed by atoms with Gasteiger partial charge in [0, 0.05) is 12.1 Å². The maximum atomic E-state index is 12.2. The molecule has 0 radical (unpaired) electrons. The molecular weight excluding hydrogens is 332 g/mol. The smallest absolute Gasteiger partial charge is 0.355 e. The lowest BCUT2D eigenvalue weighted by Crippen LogP contribution is -2.32. The first kappa shape index (κ1) is 16.2. The van der Waals surface area contributed by atoms with Crippen LogP contribution in [0.15, 0.2) is 35.5 Å². The van der Waals surface area contributed by atoms with Crippen LogP contribution in [0.25, 0.3) is 0 Å². The Bertz CT molecular complexity index is 918. The van der Waals surface area contributed by atoms with Crippen molar-refractivity contribution in [2.24, 2.45) is 0 Å². The van der Waals surface area contributed by atoms with Crippen LogP contribution < -0.4 is 5.32 Å². The van der Waals surface area contributed by atoms with Crippen LogP contribution in [0.2, 0.25) is 0 Å². The van der Waals surface area contributed by atoms with E-state index in [4.69, 9.17) is 4.74 Å². The fourth-order valence-corrected chi connectivity index (χ4v) is 2.64. The average molecular weight is 344 g/mol. The van der Waals surface area contributed by atoms with Crippen LogP contribution in [0.3, 0.4) is 0 Å². The van der Waals surface area contributed by atoms with Crippen LogP contribution >= 0.6 is 0 Å². The second-order valence-electron chi connectivity index (χ2n) is 5.16. The number of allylic oxidation sites excluding steroid dienone is 1. The van der Waals surface area contributed by atoms with Crippen molar-refractivity contribution in [2.75, 3.05) is 12.4 Å². The van der Waals surface area contributed by atoms with Crippen molar-refractivity contribution in [1.29, 1.82) is 0 Å². The van der Waals surface area contributed by atoms with E-state index in [0.29, 0.717) is 5.56 Å².